The van der Waals surface area contributed by atoms with Gasteiger partial charge in [-0.2, -0.15) is 0 Å². The number of rotatable bonds is 8. The third kappa shape index (κ3) is 5.89. The average molecular weight is 719 g/mol. The molecule has 0 N–H and O–H groups in total. The third-order valence-corrected chi connectivity index (χ3v) is 11.7. The highest BCUT2D eigenvalue weighted by atomic mass is 16.6. The van der Waals surface area contributed by atoms with Gasteiger partial charge in [0, 0.05) is 33.6 Å². The van der Waals surface area contributed by atoms with E-state index in [4.69, 9.17) is 18.9 Å². The molecule has 0 radical (unpaired) electrons. The summed E-state index contributed by atoms with van der Waals surface area (Å²) in [7, 11) is 1.69. The maximum absolute atomic E-state index is 11.5. The van der Waals surface area contributed by atoms with Gasteiger partial charge in [-0.3, -0.25) is 0 Å². The molecule has 1 saturated carbocycles. The van der Waals surface area contributed by atoms with Crippen LogP contribution >= 0.6 is 0 Å². The topological polar surface area (TPSA) is 54.0 Å². The second kappa shape index (κ2) is 12.9. The number of benzene rings is 5. The van der Waals surface area contributed by atoms with Crippen molar-refractivity contribution in [3.63, 3.8) is 0 Å². The second-order valence-electron chi connectivity index (χ2n) is 17.2. The maximum Gasteiger partial charge on any atom is 0.330 e. The van der Waals surface area contributed by atoms with Crippen LogP contribution in [0, 0.1) is 24.7 Å². The molecule has 3 aliphatic rings. The van der Waals surface area contributed by atoms with E-state index in [0.717, 1.165) is 46.9 Å². The Bertz CT molecular complexity index is 2310. The molecule has 1 heterocycles. The van der Waals surface area contributed by atoms with E-state index in [1.165, 1.54) is 50.8 Å². The van der Waals surface area contributed by atoms with Crippen LogP contribution < -0.4 is 14.2 Å². The van der Waals surface area contributed by atoms with Gasteiger partial charge in [-0.1, -0.05) is 106 Å². The molecule has 276 valence electrons. The molecule has 5 aromatic rings. The first-order chi connectivity index (χ1) is 25.8. The standard InChI is InChI=1S/C49H50O5/c1-9-42(50)53-25-24-52-36-18-14-34(15-19-36)49(33-12-16-35(51-8)17-13-33)23-22-39-44-43(37-20-10-31(2)26-40(37)45(39)54-49)38-21-11-32(3)27-41(38)48(44)29-46(4,5)28-47(6,7)30-48/h9-23,26-27H,1,24-25,28-30H2,2-8H3. The first kappa shape index (κ1) is 35.7. The van der Waals surface area contributed by atoms with Gasteiger partial charge >= 0.3 is 5.97 Å². The lowest BCUT2D eigenvalue weighted by Gasteiger charge is -2.52. The van der Waals surface area contributed by atoms with Gasteiger partial charge in [-0.05, 0) is 108 Å². The largest absolute Gasteiger partial charge is 0.497 e. The van der Waals surface area contributed by atoms with Crippen molar-refractivity contribution in [2.45, 2.75) is 71.8 Å². The van der Waals surface area contributed by atoms with E-state index in [1.807, 2.05) is 24.3 Å². The van der Waals surface area contributed by atoms with Crippen molar-refractivity contribution in [1.82, 2.24) is 0 Å². The predicted molar refractivity (Wildman–Crippen MR) is 218 cm³/mol. The Morgan fingerprint density at radius 1 is 0.778 bits per heavy atom. The summed E-state index contributed by atoms with van der Waals surface area (Å²) >= 11 is 0. The molecule has 1 unspecified atom stereocenters. The Hall–Kier alpha value is -5.29. The number of hydrogen-bond donors (Lipinski definition) is 0. The third-order valence-electron chi connectivity index (χ3n) is 11.7. The second-order valence-corrected chi connectivity index (χ2v) is 17.2. The molecule has 0 amide bonds. The van der Waals surface area contributed by atoms with Gasteiger partial charge in [0.25, 0.3) is 0 Å². The molecule has 0 bridgehead atoms. The summed E-state index contributed by atoms with van der Waals surface area (Å²) in [6, 6.07) is 30.2. The van der Waals surface area contributed by atoms with Gasteiger partial charge in [-0.25, -0.2) is 4.79 Å². The Morgan fingerprint density at radius 2 is 1.41 bits per heavy atom. The van der Waals surface area contributed by atoms with E-state index < -0.39 is 11.6 Å². The van der Waals surface area contributed by atoms with Crippen LogP contribution in [0.15, 0.2) is 104 Å². The van der Waals surface area contributed by atoms with Crippen molar-refractivity contribution in [2.24, 2.45) is 10.8 Å². The van der Waals surface area contributed by atoms with E-state index in [2.05, 4.69) is 121 Å². The van der Waals surface area contributed by atoms with E-state index >= 15 is 0 Å². The Balaban J connectivity index is 1.34. The van der Waals surface area contributed by atoms with Crippen molar-refractivity contribution in [2.75, 3.05) is 20.3 Å². The minimum atomic E-state index is -0.942. The van der Waals surface area contributed by atoms with Crippen LogP contribution in [0.1, 0.15) is 85.9 Å². The molecular formula is C49H50O5. The Labute approximate surface area is 319 Å². The van der Waals surface area contributed by atoms with E-state index in [-0.39, 0.29) is 29.5 Å². The van der Waals surface area contributed by atoms with Crippen LogP contribution in [-0.4, -0.2) is 26.3 Å². The van der Waals surface area contributed by atoms with E-state index in [1.54, 1.807) is 7.11 Å². The van der Waals surface area contributed by atoms with Crippen LogP contribution in [0.3, 0.4) is 0 Å². The van der Waals surface area contributed by atoms with Crippen LogP contribution in [0.2, 0.25) is 0 Å². The van der Waals surface area contributed by atoms with Crippen LogP contribution in [0.25, 0.3) is 28.0 Å². The SMILES string of the molecule is C=CC(=O)OCCOc1ccc(C2(c3ccc(OC)cc3)C=Cc3c4c(c5ccc(C)cc5c3O2)-c2ccc(C)cc2C42CC(C)(C)CC(C)(C)C2)cc1. The Kier molecular flexibility index (Phi) is 8.56. The smallest absolute Gasteiger partial charge is 0.330 e. The number of ether oxygens (including phenoxy) is 4. The van der Waals surface area contributed by atoms with Crippen molar-refractivity contribution in [3.8, 4) is 28.4 Å². The lowest BCUT2D eigenvalue weighted by molar-refractivity contribution is -0.138. The summed E-state index contributed by atoms with van der Waals surface area (Å²) in [5.74, 6) is 1.91. The minimum absolute atomic E-state index is 0.140. The molecular weight excluding hydrogens is 669 g/mol. The summed E-state index contributed by atoms with van der Waals surface area (Å²) in [4.78, 5) is 11.5. The zero-order valence-corrected chi connectivity index (χ0v) is 32.6. The number of carbonyl (C=O) groups is 1. The quantitative estimate of drug-likeness (QED) is 0.0908. The van der Waals surface area contributed by atoms with Gasteiger partial charge in [-0.15, -0.1) is 0 Å². The first-order valence-corrected chi connectivity index (χ1v) is 19.1. The Morgan fingerprint density at radius 3 is 2.06 bits per heavy atom. The number of fused-ring (bicyclic) bond motifs is 10. The molecule has 5 aromatic carbocycles. The molecule has 1 atom stereocenters. The molecule has 0 saturated heterocycles. The van der Waals surface area contributed by atoms with E-state index in [0.29, 0.717) is 5.75 Å². The van der Waals surface area contributed by atoms with Crippen molar-refractivity contribution >= 4 is 22.8 Å². The minimum Gasteiger partial charge on any atom is -0.497 e. The summed E-state index contributed by atoms with van der Waals surface area (Å²) in [5.41, 5.74) is 10.4. The highest BCUT2D eigenvalue weighted by Crippen LogP contribution is 2.67. The number of carbonyl (C=O) groups excluding carboxylic acids is 1. The molecule has 54 heavy (non-hydrogen) atoms. The van der Waals surface area contributed by atoms with Crippen LogP contribution in [-0.2, 0) is 20.5 Å². The summed E-state index contributed by atoms with van der Waals surface area (Å²) in [5, 5.41) is 2.36. The number of hydrogen-bond acceptors (Lipinski definition) is 5. The molecule has 2 aliphatic carbocycles. The van der Waals surface area contributed by atoms with Gasteiger partial charge in [0.05, 0.1) is 7.11 Å². The molecule has 5 heteroatoms. The van der Waals surface area contributed by atoms with Gasteiger partial charge in [0.1, 0.15) is 30.5 Å². The molecule has 5 nitrogen and oxygen atoms in total. The van der Waals surface area contributed by atoms with Gasteiger partial charge < -0.3 is 18.9 Å². The van der Waals surface area contributed by atoms with Crippen LogP contribution in [0.5, 0.6) is 17.2 Å². The molecule has 0 aromatic heterocycles. The fraction of sp³-hybridized carbons (Fsp3) is 0.327. The van der Waals surface area contributed by atoms with Crippen LogP contribution in [0.4, 0.5) is 0 Å². The number of esters is 1. The summed E-state index contributed by atoms with van der Waals surface area (Å²) in [6.07, 6.45) is 9.09. The summed E-state index contributed by atoms with van der Waals surface area (Å²) in [6.45, 7) is 18.1. The fourth-order valence-corrected chi connectivity index (χ4v) is 10.4. The predicted octanol–water partition coefficient (Wildman–Crippen LogP) is 11.4. The highest BCUT2D eigenvalue weighted by molar-refractivity contribution is 6.09. The number of methoxy groups -OCH3 is 1. The van der Waals surface area contributed by atoms with Crippen molar-refractivity contribution < 1.29 is 23.7 Å². The highest BCUT2D eigenvalue weighted by Gasteiger charge is 2.55. The molecule has 8 rings (SSSR count). The summed E-state index contributed by atoms with van der Waals surface area (Å²) < 4.78 is 24.3. The fourth-order valence-electron chi connectivity index (χ4n) is 10.4. The molecule has 1 aliphatic heterocycles. The normalized spacial score (nSPS) is 19.7. The maximum atomic E-state index is 11.5. The van der Waals surface area contributed by atoms with Gasteiger partial charge in [0.15, 0.2) is 5.60 Å². The van der Waals surface area contributed by atoms with Crippen molar-refractivity contribution in [1.29, 1.82) is 0 Å². The lowest BCUT2D eigenvalue weighted by atomic mass is 9.52. The first-order valence-electron chi connectivity index (χ1n) is 19.1. The number of aryl methyl sites for hydroxylation is 2. The van der Waals surface area contributed by atoms with Gasteiger partial charge in [0.2, 0.25) is 0 Å². The zero-order chi connectivity index (χ0) is 38.0. The molecule has 1 spiro atoms. The monoisotopic (exact) mass is 718 g/mol. The van der Waals surface area contributed by atoms with Crippen molar-refractivity contribution in [3.05, 3.63) is 143 Å². The van der Waals surface area contributed by atoms with E-state index in [9.17, 15) is 4.79 Å². The zero-order valence-electron chi connectivity index (χ0n) is 32.6. The average Bonchev–Trinajstić information content (AvgIpc) is 3.39. The molecule has 1 fully saturated rings. The lowest BCUT2D eigenvalue weighted by Crippen LogP contribution is -2.44.